The molecule has 0 bridgehead atoms. The molecular formula is C11H21NS. The summed E-state index contributed by atoms with van der Waals surface area (Å²) < 4.78 is 0. The number of hydrogen-bond acceptors (Lipinski definition) is 2. The van der Waals surface area contributed by atoms with E-state index in [0.717, 1.165) is 10.5 Å². The second kappa shape index (κ2) is 4.70. The number of nitrogens with two attached hydrogens (primary N) is 1. The van der Waals surface area contributed by atoms with Crippen molar-refractivity contribution in [2.24, 2.45) is 5.73 Å². The van der Waals surface area contributed by atoms with Gasteiger partial charge in [-0.15, -0.1) is 0 Å². The third-order valence-electron chi connectivity index (χ3n) is 3.42. The molecule has 13 heavy (non-hydrogen) atoms. The molecule has 2 saturated carbocycles. The van der Waals surface area contributed by atoms with E-state index in [4.69, 9.17) is 5.73 Å². The Morgan fingerprint density at radius 2 is 1.46 bits per heavy atom. The largest absolute Gasteiger partial charge is 0.327 e. The highest BCUT2D eigenvalue weighted by Gasteiger charge is 2.26. The molecule has 0 aromatic rings. The summed E-state index contributed by atoms with van der Waals surface area (Å²) in [6.45, 7) is 0. The van der Waals surface area contributed by atoms with Crippen LogP contribution < -0.4 is 5.73 Å². The lowest BCUT2D eigenvalue weighted by atomic mass is 9.96. The molecule has 2 unspecified atom stereocenters. The second-order valence-corrected chi connectivity index (χ2v) is 6.07. The van der Waals surface area contributed by atoms with Crippen LogP contribution in [-0.4, -0.2) is 16.5 Å². The summed E-state index contributed by atoms with van der Waals surface area (Å²) >= 11 is 2.21. The van der Waals surface area contributed by atoms with E-state index in [1.54, 1.807) is 0 Å². The molecule has 1 nitrogen and oxygen atoms in total. The van der Waals surface area contributed by atoms with Gasteiger partial charge in [0.25, 0.3) is 0 Å². The highest BCUT2D eigenvalue weighted by atomic mass is 32.2. The van der Waals surface area contributed by atoms with Crippen LogP contribution in [0.4, 0.5) is 0 Å². The average molecular weight is 199 g/mol. The molecule has 0 saturated heterocycles. The first kappa shape index (κ1) is 9.85. The van der Waals surface area contributed by atoms with Crippen LogP contribution in [0.5, 0.6) is 0 Å². The summed E-state index contributed by atoms with van der Waals surface area (Å²) in [6.07, 6.45) is 11.2. The average Bonchev–Trinajstić information content (AvgIpc) is 2.61. The van der Waals surface area contributed by atoms with Gasteiger partial charge in [0.15, 0.2) is 0 Å². The van der Waals surface area contributed by atoms with Crippen molar-refractivity contribution in [2.45, 2.75) is 67.9 Å². The first-order valence-electron chi connectivity index (χ1n) is 5.77. The van der Waals surface area contributed by atoms with E-state index in [0.29, 0.717) is 6.04 Å². The normalized spacial score (nSPS) is 36.7. The molecule has 2 N–H and O–H groups in total. The van der Waals surface area contributed by atoms with Gasteiger partial charge < -0.3 is 5.73 Å². The van der Waals surface area contributed by atoms with E-state index in [2.05, 4.69) is 11.8 Å². The van der Waals surface area contributed by atoms with Gasteiger partial charge in [0.1, 0.15) is 0 Å². The number of hydrogen-bond donors (Lipinski definition) is 1. The zero-order valence-electron chi connectivity index (χ0n) is 8.37. The van der Waals surface area contributed by atoms with Gasteiger partial charge in [-0.25, -0.2) is 0 Å². The molecule has 0 aliphatic heterocycles. The Balaban J connectivity index is 1.78. The molecule has 0 radical (unpaired) electrons. The van der Waals surface area contributed by atoms with E-state index < -0.39 is 0 Å². The van der Waals surface area contributed by atoms with Crippen molar-refractivity contribution in [3.63, 3.8) is 0 Å². The standard InChI is InChI=1S/C11H21NS/c12-10-7-3-4-8-11(10)13-9-5-1-2-6-9/h9-11H,1-8,12H2. The number of thioether (sulfide) groups is 1. The van der Waals surface area contributed by atoms with Gasteiger partial charge in [0, 0.05) is 16.5 Å². The minimum atomic E-state index is 0.499. The first-order chi connectivity index (χ1) is 6.36. The Kier molecular flexibility index (Phi) is 3.56. The maximum absolute atomic E-state index is 6.14. The zero-order valence-corrected chi connectivity index (χ0v) is 9.19. The van der Waals surface area contributed by atoms with Crippen molar-refractivity contribution in [1.82, 2.24) is 0 Å². The quantitative estimate of drug-likeness (QED) is 0.740. The van der Waals surface area contributed by atoms with E-state index >= 15 is 0 Å². The fraction of sp³-hybridized carbons (Fsp3) is 1.00. The fourth-order valence-electron chi connectivity index (χ4n) is 2.57. The van der Waals surface area contributed by atoms with Crippen molar-refractivity contribution in [3.05, 3.63) is 0 Å². The molecule has 76 valence electrons. The lowest BCUT2D eigenvalue weighted by Crippen LogP contribution is -2.36. The molecule has 0 aromatic carbocycles. The molecule has 0 aromatic heterocycles. The highest BCUT2D eigenvalue weighted by molar-refractivity contribution is 8.00. The van der Waals surface area contributed by atoms with Gasteiger partial charge in [0.2, 0.25) is 0 Å². The van der Waals surface area contributed by atoms with Crippen LogP contribution in [0, 0.1) is 0 Å². The third-order valence-corrected chi connectivity index (χ3v) is 5.21. The van der Waals surface area contributed by atoms with Crippen LogP contribution in [0.25, 0.3) is 0 Å². The van der Waals surface area contributed by atoms with Gasteiger partial charge in [-0.1, -0.05) is 25.7 Å². The van der Waals surface area contributed by atoms with Crippen molar-refractivity contribution in [2.75, 3.05) is 0 Å². The van der Waals surface area contributed by atoms with Crippen molar-refractivity contribution in [3.8, 4) is 0 Å². The van der Waals surface area contributed by atoms with E-state index in [9.17, 15) is 0 Å². The summed E-state index contributed by atoms with van der Waals surface area (Å²) in [5.41, 5.74) is 6.14. The maximum Gasteiger partial charge on any atom is 0.0201 e. The summed E-state index contributed by atoms with van der Waals surface area (Å²) in [6, 6.07) is 0.499. The topological polar surface area (TPSA) is 26.0 Å². The monoisotopic (exact) mass is 199 g/mol. The smallest absolute Gasteiger partial charge is 0.0201 e. The Bertz CT molecular complexity index is 154. The third kappa shape index (κ3) is 2.63. The van der Waals surface area contributed by atoms with Crippen LogP contribution in [-0.2, 0) is 0 Å². The molecule has 2 aliphatic rings. The van der Waals surface area contributed by atoms with Crippen LogP contribution in [0.2, 0.25) is 0 Å². The zero-order chi connectivity index (χ0) is 9.10. The van der Waals surface area contributed by atoms with Crippen LogP contribution >= 0.6 is 11.8 Å². The molecule has 2 atom stereocenters. The molecule has 2 aliphatic carbocycles. The van der Waals surface area contributed by atoms with Gasteiger partial charge in [0.05, 0.1) is 0 Å². The van der Waals surface area contributed by atoms with E-state index in [1.165, 1.54) is 51.4 Å². The number of rotatable bonds is 2. The van der Waals surface area contributed by atoms with Gasteiger partial charge >= 0.3 is 0 Å². The van der Waals surface area contributed by atoms with Crippen LogP contribution in [0.1, 0.15) is 51.4 Å². The highest BCUT2D eigenvalue weighted by Crippen LogP contribution is 2.37. The maximum atomic E-state index is 6.14. The van der Waals surface area contributed by atoms with Crippen molar-refractivity contribution >= 4 is 11.8 Å². The SMILES string of the molecule is NC1CCCCC1SC1CCCC1. The summed E-state index contributed by atoms with van der Waals surface area (Å²) in [4.78, 5) is 0. The second-order valence-electron chi connectivity index (χ2n) is 4.53. The predicted octanol–water partition coefficient (Wildman–Crippen LogP) is 2.93. The predicted molar refractivity (Wildman–Crippen MR) is 60.1 cm³/mol. The van der Waals surface area contributed by atoms with E-state index in [-0.39, 0.29) is 0 Å². The first-order valence-corrected chi connectivity index (χ1v) is 6.71. The molecule has 0 amide bonds. The van der Waals surface area contributed by atoms with Crippen LogP contribution in [0.3, 0.4) is 0 Å². The Morgan fingerprint density at radius 1 is 0.846 bits per heavy atom. The molecule has 2 fully saturated rings. The molecule has 0 spiro atoms. The summed E-state index contributed by atoms with van der Waals surface area (Å²) in [7, 11) is 0. The van der Waals surface area contributed by atoms with Crippen LogP contribution in [0.15, 0.2) is 0 Å². The van der Waals surface area contributed by atoms with Crippen molar-refractivity contribution in [1.29, 1.82) is 0 Å². The molecule has 2 rings (SSSR count). The van der Waals surface area contributed by atoms with E-state index in [1.807, 2.05) is 0 Å². The lowest BCUT2D eigenvalue weighted by Gasteiger charge is -2.30. The lowest BCUT2D eigenvalue weighted by molar-refractivity contribution is 0.452. The molecule has 2 heteroatoms. The Labute approximate surface area is 85.8 Å². The minimum absolute atomic E-state index is 0.499. The molecule has 0 heterocycles. The van der Waals surface area contributed by atoms with Gasteiger partial charge in [-0.3, -0.25) is 0 Å². The fourth-order valence-corrected chi connectivity index (χ4v) is 4.31. The summed E-state index contributed by atoms with van der Waals surface area (Å²) in [5, 5.41) is 1.74. The van der Waals surface area contributed by atoms with Crippen molar-refractivity contribution < 1.29 is 0 Å². The molecular weight excluding hydrogens is 178 g/mol. The Hall–Kier alpha value is 0.310. The van der Waals surface area contributed by atoms with Gasteiger partial charge in [-0.2, -0.15) is 11.8 Å². The minimum Gasteiger partial charge on any atom is -0.327 e. The van der Waals surface area contributed by atoms with Gasteiger partial charge in [-0.05, 0) is 25.7 Å². The summed E-state index contributed by atoms with van der Waals surface area (Å²) in [5.74, 6) is 0. The Morgan fingerprint density at radius 3 is 2.15 bits per heavy atom.